The quantitative estimate of drug-likeness (QED) is 0.199. The van der Waals surface area contributed by atoms with Crippen molar-refractivity contribution in [1.29, 1.82) is 0 Å². The Morgan fingerprint density at radius 1 is 1.56 bits per heavy atom. The molecular formula is C11H12N4O3. The van der Waals surface area contributed by atoms with Gasteiger partial charge in [-0.05, 0) is 30.7 Å². The van der Waals surface area contributed by atoms with Gasteiger partial charge in [0.2, 0.25) is 0 Å². The fourth-order valence-electron chi connectivity index (χ4n) is 1.33. The molecule has 0 aliphatic heterocycles. The van der Waals surface area contributed by atoms with Gasteiger partial charge in [-0.3, -0.25) is 4.79 Å². The Kier molecular flexibility index (Phi) is 4.71. The second-order valence-electron chi connectivity index (χ2n) is 3.30. The SMILES string of the molecule is CCOC(=O)/C(=C/c1ccc(C=O)n1C)N=[N+]=[N-]. The highest BCUT2D eigenvalue weighted by Gasteiger charge is 2.10. The van der Waals surface area contributed by atoms with Gasteiger partial charge in [0.25, 0.3) is 0 Å². The van der Waals surface area contributed by atoms with Crippen LogP contribution in [0.3, 0.4) is 0 Å². The molecule has 0 atom stereocenters. The van der Waals surface area contributed by atoms with Crippen LogP contribution in [0.15, 0.2) is 22.9 Å². The van der Waals surface area contributed by atoms with E-state index in [1.54, 1.807) is 30.7 Å². The van der Waals surface area contributed by atoms with E-state index in [9.17, 15) is 9.59 Å². The molecule has 0 saturated heterocycles. The van der Waals surface area contributed by atoms with Crippen LogP contribution in [-0.4, -0.2) is 23.4 Å². The summed E-state index contributed by atoms with van der Waals surface area (Å²) in [6.45, 7) is 1.84. The maximum Gasteiger partial charge on any atom is 0.340 e. The standard InChI is InChI=1S/C11H12N4O3/c1-3-18-11(17)10(13-14-12)6-8-4-5-9(7-16)15(8)2/h4-7H,3H2,1-2H3/b10-6-. The average Bonchev–Trinajstić information content (AvgIpc) is 2.70. The topological polar surface area (TPSA) is 97.1 Å². The summed E-state index contributed by atoms with van der Waals surface area (Å²) in [5.41, 5.74) is 9.26. The van der Waals surface area contributed by atoms with Gasteiger partial charge in [0, 0.05) is 17.7 Å². The normalized spacial score (nSPS) is 10.7. The van der Waals surface area contributed by atoms with Gasteiger partial charge in [-0.25, -0.2) is 4.79 Å². The fourth-order valence-corrected chi connectivity index (χ4v) is 1.33. The van der Waals surface area contributed by atoms with Crippen molar-refractivity contribution in [3.63, 3.8) is 0 Å². The highest BCUT2D eigenvalue weighted by Crippen LogP contribution is 2.12. The van der Waals surface area contributed by atoms with E-state index >= 15 is 0 Å². The number of aromatic nitrogens is 1. The molecule has 7 nitrogen and oxygen atoms in total. The molecule has 0 bridgehead atoms. The summed E-state index contributed by atoms with van der Waals surface area (Å²) in [7, 11) is 1.66. The van der Waals surface area contributed by atoms with Gasteiger partial charge in [-0.15, -0.1) is 0 Å². The zero-order chi connectivity index (χ0) is 13.5. The van der Waals surface area contributed by atoms with Gasteiger partial charge >= 0.3 is 5.97 Å². The van der Waals surface area contributed by atoms with Crippen LogP contribution in [-0.2, 0) is 16.6 Å². The van der Waals surface area contributed by atoms with E-state index in [1.807, 2.05) is 0 Å². The molecule has 1 aromatic rings. The van der Waals surface area contributed by atoms with E-state index in [0.29, 0.717) is 17.7 Å². The minimum absolute atomic E-state index is 0.155. The van der Waals surface area contributed by atoms with Gasteiger partial charge < -0.3 is 9.30 Å². The Bertz CT molecular complexity index is 538. The zero-order valence-corrected chi connectivity index (χ0v) is 10.0. The van der Waals surface area contributed by atoms with E-state index < -0.39 is 5.97 Å². The van der Waals surface area contributed by atoms with Crippen LogP contribution in [0.4, 0.5) is 0 Å². The Balaban J connectivity index is 3.15. The first-order valence-corrected chi connectivity index (χ1v) is 5.18. The summed E-state index contributed by atoms with van der Waals surface area (Å²) in [5, 5.41) is 3.28. The summed E-state index contributed by atoms with van der Waals surface area (Å²) in [5.74, 6) is -0.704. The molecule has 0 radical (unpaired) electrons. The Morgan fingerprint density at radius 2 is 2.22 bits per heavy atom. The lowest BCUT2D eigenvalue weighted by Gasteiger charge is -2.03. The van der Waals surface area contributed by atoms with Crippen LogP contribution in [0.1, 0.15) is 23.1 Å². The third-order valence-corrected chi connectivity index (χ3v) is 2.24. The molecule has 0 fully saturated rings. The Morgan fingerprint density at radius 3 is 2.72 bits per heavy atom. The maximum absolute atomic E-state index is 11.5. The molecule has 0 N–H and O–H groups in total. The monoisotopic (exact) mass is 248 g/mol. The van der Waals surface area contributed by atoms with Crippen LogP contribution < -0.4 is 0 Å². The van der Waals surface area contributed by atoms with E-state index in [1.165, 1.54) is 6.08 Å². The molecule has 7 heteroatoms. The lowest BCUT2D eigenvalue weighted by Crippen LogP contribution is -2.06. The fraction of sp³-hybridized carbons (Fsp3) is 0.273. The van der Waals surface area contributed by atoms with Crippen LogP contribution >= 0.6 is 0 Å². The summed E-state index contributed by atoms with van der Waals surface area (Å²) < 4.78 is 6.32. The minimum atomic E-state index is -0.704. The van der Waals surface area contributed by atoms with E-state index in [4.69, 9.17) is 10.3 Å². The van der Waals surface area contributed by atoms with Gasteiger partial charge in [-0.2, -0.15) is 0 Å². The number of carbonyl (C=O) groups excluding carboxylic acids is 2. The molecule has 0 amide bonds. The molecule has 1 rings (SSSR count). The number of esters is 1. The van der Waals surface area contributed by atoms with Crippen LogP contribution in [0.25, 0.3) is 16.5 Å². The van der Waals surface area contributed by atoms with Crippen LogP contribution in [0, 0.1) is 0 Å². The predicted molar refractivity (Wildman–Crippen MR) is 64.6 cm³/mol. The highest BCUT2D eigenvalue weighted by atomic mass is 16.5. The molecule has 0 unspecified atom stereocenters. The zero-order valence-electron chi connectivity index (χ0n) is 10.0. The number of azide groups is 1. The Labute approximate surface area is 103 Å². The summed E-state index contributed by atoms with van der Waals surface area (Å²) in [6, 6.07) is 3.23. The first-order valence-electron chi connectivity index (χ1n) is 5.18. The smallest absolute Gasteiger partial charge is 0.340 e. The third kappa shape index (κ3) is 2.99. The number of nitrogens with zero attached hydrogens (tertiary/aromatic N) is 4. The summed E-state index contributed by atoms with van der Waals surface area (Å²) in [6.07, 6.45) is 2.06. The Hall–Kier alpha value is -2.53. The second kappa shape index (κ2) is 6.27. The molecule has 0 aliphatic rings. The lowest BCUT2D eigenvalue weighted by molar-refractivity contribution is -0.138. The van der Waals surface area contributed by atoms with Crippen molar-refractivity contribution in [2.75, 3.05) is 6.61 Å². The first kappa shape index (κ1) is 13.5. The molecular weight excluding hydrogens is 236 g/mol. The van der Waals surface area contributed by atoms with Crippen molar-refractivity contribution in [3.05, 3.63) is 39.7 Å². The molecule has 1 aromatic heterocycles. The minimum Gasteiger partial charge on any atom is -0.462 e. The van der Waals surface area contributed by atoms with Gasteiger partial charge in [0.05, 0.1) is 12.3 Å². The van der Waals surface area contributed by atoms with Gasteiger partial charge in [-0.1, -0.05) is 5.11 Å². The van der Waals surface area contributed by atoms with Crippen molar-refractivity contribution in [2.45, 2.75) is 6.92 Å². The van der Waals surface area contributed by atoms with Crippen molar-refractivity contribution >= 4 is 18.3 Å². The summed E-state index contributed by atoms with van der Waals surface area (Å²) >= 11 is 0. The largest absolute Gasteiger partial charge is 0.462 e. The molecule has 0 aromatic carbocycles. The van der Waals surface area contributed by atoms with Crippen molar-refractivity contribution < 1.29 is 14.3 Å². The van der Waals surface area contributed by atoms with E-state index in [0.717, 1.165) is 0 Å². The lowest BCUT2D eigenvalue weighted by atomic mass is 10.3. The average molecular weight is 248 g/mol. The number of ether oxygens (including phenoxy) is 1. The maximum atomic E-state index is 11.5. The van der Waals surface area contributed by atoms with E-state index in [-0.39, 0.29) is 12.3 Å². The predicted octanol–water partition coefficient (Wildman–Crippen LogP) is 2.05. The highest BCUT2D eigenvalue weighted by molar-refractivity contribution is 5.93. The first-order chi connectivity index (χ1) is 8.63. The number of carbonyl (C=O) groups is 2. The number of hydrogen-bond donors (Lipinski definition) is 0. The van der Waals surface area contributed by atoms with Gasteiger partial charge in [0.1, 0.15) is 5.70 Å². The third-order valence-electron chi connectivity index (χ3n) is 2.24. The van der Waals surface area contributed by atoms with E-state index in [2.05, 4.69) is 10.0 Å². The summed E-state index contributed by atoms with van der Waals surface area (Å²) in [4.78, 5) is 24.7. The molecule has 1 heterocycles. The second-order valence-corrected chi connectivity index (χ2v) is 3.30. The van der Waals surface area contributed by atoms with Crippen LogP contribution in [0.2, 0.25) is 0 Å². The molecule has 18 heavy (non-hydrogen) atoms. The van der Waals surface area contributed by atoms with Gasteiger partial charge in [0.15, 0.2) is 6.29 Å². The number of rotatable bonds is 5. The number of hydrogen-bond acceptors (Lipinski definition) is 4. The molecule has 94 valence electrons. The molecule has 0 saturated carbocycles. The van der Waals surface area contributed by atoms with Crippen molar-refractivity contribution in [3.8, 4) is 0 Å². The number of aldehydes is 1. The van der Waals surface area contributed by atoms with Crippen LogP contribution in [0.5, 0.6) is 0 Å². The van der Waals surface area contributed by atoms with Crippen molar-refractivity contribution in [1.82, 2.24) is 4.57 Å². The molecule has 0 aliphatic carbocycles. The van der Waals surface area contributed by atoms with Crippen molar-refractivity contribution in [2.24, 2.45) is 12.2 Å². The molecule has 0 spiro atoms.